The number of hydrogen-bond acceptors (Lipinski definition) is 4. The minimum Gasteiger partial charge on any atom is -0.480 e. The highest BCUT2D eigenvalue weighted by molar-refractivity contribution is 6.02. The molecular formula is C20H20FN3O2. The van der Waals surface area contributed by atoms with Crippen LogP contribution < -0.4 is 10.2 Å². The van der Waals surface area contributed by atoms with Crippen molar-refractivity contribution in [3.8, 4) is 11.1 Å². The molecule has 5 nitrogen and oxygen atoms in total. The zero-order valence-corrected chi connectivity index (χ0v) is 14.8. The Morgan fingerprint density at radius 2 is 1.88 bits per heavy atom. The molecule has 1 heterocycles. The van der Waals surface area contributed by atoms with Gasteiger partial charge in [-0.2, -0.15) is 0 Å². The number of halogens is 1. The number of pyridine rings is 1. The van der Waals surface area contributed by atoms with Gasteiger partial charge in [0.05, 0.1) is 0 Å². The van der Waals surface area contributed by atoms with Crippen LogP contribution >= 0.6 is 0 Å². The van der Waals surface area contributed by atoms with E-state index in [2.05, 4.69) is 10.3 Å². The van der Waals surface area contributed by atoms with Gasteiger partial charge in [0.1, 0.15) is 17.7 Å². The molecule has 0 amide bonds. The number of rotatable bonds is 5. The lowest BCUT2D eigenvalue weighted by Gasteiger charge is -2.16. The molecule has 3 aromatic rings. The monoisotopic (exact) mass is 353 g/mol. The lowest BCUT2D eigenvalue weighted by molar-refractivity contribution is -0.137. The first-order valence-electron chi connectivity index (χ1n) is 8.23. The molecule has 1 aromatic heterocycles. The zero-order valence-electron chi connectivity index (χ0n) is 14.8. The van der Waals surface area contributed by atoms with E-state index in [1.807, 2.05) is 43.3 Å². The fraction of sp³-hybridized carbons (Fsp3) is 0.200. The smallest absolute Gasteiger partial charge is 0.325 e. The third-order valence-corrected chi connectivity index (χ3v) is 4.28. The first-order chi connectivity index (χ1) is 12.4. The quantitative estimate of drug-likeness (QED) is 0.726. The predicted molar refractivity (Wildman–Crippen MR) is 102 cm³/mol. The number of carboxylic acids is 1. The fourth-order valence-electron chi connectivity index (χ4n) is 2.80. The van der Waals surface area contributed by atoms with Crippen LogP contribution in [0.15, 0.2) is 48.7 Å². The van der Waals surface area contributed by atoms with Crippen molar-refractivity contribution in [2.75, 3.05) is 24.3 Å². The Hall–Kier alpha value is -3.15. The molecule has 0 aliphatic carbocycles. The van der Waals surface area contributed by atoms with Crippen LogP contribution in [0.2, 0.25) is 0 Å². The molecule has 2 aromatic carbocycles. The standard InChI is InChI=1S/C20H20FN3O2/c1-12(20(25)26)23-19-15-5-4-6-17(21)18(15)16(11-22-19)13-7-9-14(10-8-13)24(2)3/h4-12H,1-3H3,(H,22,23)(H,25,26). The average molecular weight is 353 g/mol. The van der Waals surface area contributed by atoms with Gasteiger partial charge in [-0.25, -0.2) is 9.37 Å². The van der Waals surface area contributed by atoms with Gasteiger partial charge in [0.15, 0.2) is 0 Å². The topological polar surface area (TPSA) is 65.5 Å². The van der Waals surface area contributed by atoms with E-state index < -0.39 is 12.0 Å². The molecule has 0 fully saturated rings. The van der Waals surface area contributed by atoms with Crippen molar-refractivity contribution in [3.63, 3.8) is 0 Å². The number of carboxylic acid groups (broad SMARTS) is 1. The summed E-state index contributed by atoms with van der Waals surface area (Å²) >= 11 is 0. The number of benzene rings is 2. The molecule has 3 rings (SSSR count). The van der Waals surface area contributed by atoms with Crippen molar-refractivity contribution in [3.05, 3.63) is 54.5 Å². The highest BCUT2D eigenvalue weighted by atomic mass is 19.1. The highest BCUT2D eigenvalue weighted by Crippen LogP contribution is 2.34. The summed E-state index contributed by atoms with van der Waals surface area (Å²) in [4.78, 5) is 17.5. The van der Waals surface area contributed by atoms with Crippen LogP contribution in [0.5, 0.6) is 0 Å². The van der Waals surface area contributed by atoms with Crippen molar-refractivity contribution in [1.29, 1.82) is 0 Å². The van der Waals surface area contributed by atoms with E-state index in [0.717, 1.165) is 11.3 Å². The maximum Gasteiger partial charge on any atom is 0.325 e. The van der Waals surface area contributed by atoms with E-state index >= 15 is 0 Å². The Kier molecular flexibility index (Phi) is 4.75. The second-order valence-corrected chi connectivity index (χ2v) is 6.33. The van der Waals surface area contributed by atoms with E-state index in [0.29, 0.717) is 22.2 Å². The summed E-state index contributed by atoms with van der Waals surface area (Å²) in [5, 5.41) is 12.9. The van der Waals surface area contributed by atoms with Gasteiger partial charge in [-0.1, -0.05) is 24.3 Å². The molecule has 6 heteroatoms. The van der Waals surface area contributed by atoms with Crippen molar-refractivity contribution >= 4 is 28.2 Å². The minimum absolute atomic E-state index is 0.350. The first kappa shape index (κ1) is 17.7. The zero-order chi connectivity index (χ0) is 18.8. The van der Waals surface area contributed by atoms with Gasteiger partial charge >= 0.3 is 5.97 Å². The lowest BCUT2D eigenvalue weighted by atomic mass is 9.99. The number of anilines is 2. The highest BCUT2D eigenvalue weighted by Gasteiger charge is 2.17. The Bertz CT molecular complexity index is 955. The fourth-order valence-corrected chi connectivity index (χ4v) is 2.80. The first-order valence-corrected chi connectivity index (χ1v) is 8.23. The van der Waals surface area contributed by atoms with Crippen LogP contribution in [0.3, 0.4) is 0 Å². The van der Waals surface area contributed by atoms with Crippen LogP contribution in [0.25, 0.3) is 21.9 Å². The predicted octanol–water partition coefficient (Wildman–Crippen LogP) is 3.99. The van der Waals surface area contributed by atoms with Crippen LogP contribution in [-0.2, 0) is 4.79 Å². The van der Waals surface area contributed by atoms with Gasteiger partial charge in [-0.15, -0.1) is 0 Å². The van der Waals surface area contributed by atoms with E-state index in [-0.39, 0.29) is 5.82 Å². The molecule has 0 bridgehead atoms. The Morgan fingerprint density at radius 1 is 1.19 bits per heavy atom. The summed E-state index contributed by atoms with van der Waals surface area (Å²) in [6.07, 6.45) is 1.58. The van der Waals surface area contributed by atoms with Crippen molar-refractivity contribution < 1.29 is 14.3 Å². The Morgan fingerprint density at radius 3 is 2.50 bits per heavy atom. The van der Waals surface area contributed by atoms with Gasteiger partial charge in [0, 0.05) is 42.3 Å². The summed E-state index contributed by atoms with van der Waals surface area (Å²) < 4.78 is 14.6. The molecule has 2 N–H and O–H groups in total. The number of carbonyl (C=O) groups is 1. The average Bonchev–Trinajstić information content (AvgIpc) is 2.62. The Balaban J connectivity index is 2.14. The van der Waals surface area contributed by atoms with Gasteiger partial charge in [0.25, 0.3) is 0 Å². The number of nitrogens with one attached hydrogen (secondary N) is 1. The Labute approximate surface area is 151 Å². The molecule has 1 atom stereocenters. The maximum atomic E-state index is 14.6. The van der Waals surface area contributed by atoms with Crippen LogP contribution in [0, 0.1) is 5.82 Å². The molecule has 1 unspecified atom stereocenters. The van der Waals surface area contributed by atoms with Crippen LogP contribution in [0.4, 0.5) is 15.9 Å². The van der Waals surface area contributed by atoms with Gasteiger partial charge in [-0.3, -0.25) is 4.79 Å². The summed E-state index contributed by atoms with van der Waals surface area (Å²) in [5.41, 5.74) is 2.55. The molecule has 0 radical (unpaired) electrons. The second-order valence-electron chi connectivity index (χ2n) is 6.33. The van der Waals surface area contributed by atoms with Crippen LogP contribution in [-0.4, -0.2) is 36.2 Å². The maximum absolute atomic E-state index is 14.6. The molecule has 26 heavy (non-hydrogen) atoms. The van der Waals surface area contributed by atoms with E-state index in [9.17, 15) is 9.18 Å². The van der Waals surface area contributed by atoms with Gasteiger partial charge < -0.3 is 15.3 Å². The second kappa shape index (κ2) is 7.00. The molecular weight excluding hydrogens is 333 g/mol. The largest absolute Gasteiger partial charge is 0.480 e. The molecule has 0 saturated carbocycles. The lowest BCUT2D eigenvalue weighted by Crippen LogP contribution is -2.26. The molecule has 0 saturated heterocycles. The number of nitrogens with zero attached hydrogens (tertiary/aromatic N) is 2. The van der Waals surface area contributed by atoms with Crippen LogP contribution in [0.1, 0.15) is 6.92 Å². The third-order valence-electron chi connectivity index (χ3n) is 4.28. The summed E-state index contributed by atoms with van der Waals surface area (Å²) in [5.74, 6) is -1.02. The van der Waals surface area contributed by atoms with E-state index in [1.165, 1.54) is 13.0 Å². The minimum atomic E-state index is -1.00. The summed E-state index contributed by atoms with van der Waals surface area (Å²) in [6, 6.07) is 11.6. The third kappa shape index (κ3) is 3.31. The molecule has 0 aliphatic heterocycles. The number of aromatic nitrogens is 1. The summed E-state index contributed by atoms with van der Waals surface area (Å²) in [6.45, 7) is 1.52. The number of aliphatic carboxylic acids is 1. The van der Waals surface area contributed by atoms with Gasteiger partial charge in [0.2, 0.25) is 0 Å². The number of hydrogen-bond donors (Lipinski definition) is 2. The summed E-state index contributed by atoms with van der Waals surface area (Å²) in [7, 11) is 3.91. The normalized spacial score (nSPS) is 12.0. The van der Waals surface area contributed by atoms with E-state index in [4.69, 9.17) is 5.11 Å². The number of fused-ring (bicyclic) bond motifs is 1. The van der Waals surface area contributed by atoms with Crippen molar-refractivity contribution in [1.82, 2.24) is 4.98 Å². The SMILES string of the molecule is CC(Nc1ncc(-c2ccc(N(C)C)cc2)c2c(F)cccc12)C(=O)O. The molecule has 0 aliphatic rings. The molecule has 0 spiro atoms. The molecule has 134 valence electrons. The van der Waals surface area contributed by atoms with Crippen molar-refractivity contribution in [2.24, 2.45) is 0 Å². The van der Waals surface area contributed by atoms with E-state index in [1.54, 1.807) is 18.3 Å². The van der Waals surface area contributed by atoms with Gasteiger partial charge in [-0.05, 0) is 30.7 Å². The van der Waals surface area contributed by atoms with Crippen molar-refractivity contribution in [2.45, 2.75) is 13.0 Å².